The minimum Gasteiger partial charge on any atom is -0.493 e. The molecule has 2 aromatic rings. The first-order valence-corrected chi connectivity index (χ1v) is 20.8. The summed E-state index contributed by atoms with van der Waals surface area (Å²) >= 11 is 0. The molecular weight excluding hydrogens is 749 g/mol. The molecule has 0 bridgehead atoms. The van der Waals surface area contributed by atoms with Crippen LogP contribution < -0.4 is 15.8 Å². The van der Waals surface area contributed by atoms with Crippen LogP contribution in [0, 0.1) is 29.5 Å². The molecule has 3 N–H and O–H groups in total. The van der Waals surface area contributed by atoms with Gasteiger partial charge >= 0.3 is 6.18 Å². The van der Waals surface area contributed by atoms with Gasteiger partial charge in [0.05, 0.1) is 17.9 Å². The van der Waals surface area contributed by atoms with Crippen LogP contribution in [0.5, 0.6) is 5.75 Å². The Morgan fingerprint density at radius 2 is 1.60 bits per heavy atom. The van der Waals surface area contributed by atoms with E-state index in [1.165, 1.54) is 6.07 Å². The first kappa shape index (κ1) is 53.6. The van der Waals surface area contributed by atoms with Crippen LogP contribution in [0.1, 0.15) is 157 Å². The van der Waals surface area contributed by atoms with Crippen molar-refractivity contribution in [3.05, 3.63) is 71.2 Å². The van der Waals surface area contributed by atoms with Gasteiger partial charge in [0, 0.05) is 43.2 Å². The molecule has 58 heavy (non-hydrogen) atoms. The molecule has 0 saturated heterocycles. The lowest BCUT2D eigenvalue weighted by Crippen LogP contribution is -2.34. The number of carbonyl (C=O) groups excluding carboxylic acids is 2. The smallest absolute Gasteiger partial charge is 0.433 e. The molecule has 1 aliphatic heterocycles. The molecule has 2 heterocycles. The first-order chi connectivity index (χ1) is 27.1. The standard InChI is InChI=1S/C34H46F4N6O2.C5H10O.C4H10.C2H6/c1-9-12-13-23(16-20(4)5)22(7)44-15-14-40-32(39)31(44)29(21(6)10-2)30-25(35)17-24(18-26(30)46-11-3)33(45)41-28-19-27(34(36,37)38)43(8)42-28;1-3-4-5(2)6;1-4(2)3;1-2/h14-15,17-21,23H,7,9-13,16H2,1-6,8H3,(H2,39,40)(H,41,42,45);3-4H2,1-2H3;4H,1-3H3;1-2H3/b31-29+;;;. The van der Waals surface area contributed by atoms with E-state index in [9.17, 15) is 22.8 Å². The number of aromatic nitrogens is 2. The average Bonchev–Trinajstić information content (AvgIpc) is 3.52. The van der Waals surface area contributed by atoms with Gasteiger partial charge in [-0.1, -0.05) is 95.6 Å². The Labute approximate surface area is 346 Å². The highest BCUT2D eigenvalue weighted by Crippen LogP contribution is 2.42. The zero-order valence-corrected chi connectivity index (χ0v) is 37.7. The lowest BCUT2D eigenvalue weighted by atomic mass is 9.85. The number of unbranched alkanes of at least 4 members (excludes halogenated alkanes) is 1. The Morgan fingerprint density at radius 1 is 1.00 bits per heavy atom. The Bertz CT molecular complexity index is 1690. The number of nitrogens with one attached hydrogen (secondary N) is 1. The van der Waals surface area contributed by atoms with E-state index in [1.54, 1.807) is 26.2 Å². The number of hydrogen-bond donors (Lipinski definition) is 2. The fourth-order valence-electron chi connectivity index (χ4n) is 5.96. The molecule has 13 heteroatoms. The fourth-order valence-corrected chi connectivity index (χ4v) is 5.96. The van der Waals surface area contributed by atoms with Gasteiger partial charge in [0.25, 0.3) is 5.91 Å². The molecule has 328 valence electrons. The second-order valence-electron chi connectivity index (χ2n) is 15.2. The number of nitrogens with zero attached hydrogens (tertiary/aromatic N) is 4. The number of aliphatic imine (C=N–C) groups is 1. The van der Waals surface area contributed by atoms with Crippen LogP contribution in [0.25, 0.3) is 5.57 Å². The molecule has 0 saturated carbocycles. The number of alkyl halides is 3. The number of halogens is 4. The van der Waals surface area contributed by atoms with Crippen LogP contribution in [-0.4, -0.2) is 38.8 Å². The number of carbonyl (C=O) groups is 2. The number of ketones is 1. The van der Waals surface area contributed by atoms with Crippen molar-refractivity contribution in [2.75, 3.05) is 11.9 Å². The van der Waals surface area contributed by atoms with E-state index in [0.29, 0.717) is 34.4 Å². The number of benzene rings is 1. The molecule has 0 fully saturated rings. The van der Waals surface area contributed by atoms with Gasteiger partial charge in [0.1, 0.15) is 28.9 Å². The third-order valence-corrected chi connectivity index (χ3v) is 8.62. The van der Waals surface area contributed by atoms with Crippen LogP contribution >= 0.6 is 0 Å². The van der Waals surface area contributed by atoms with E-state index in [1.807, 2.05) is 39.5 Å². The van der Waals surface area contributed by atoms with E-state index < -0.39 is 23.6 Å². The SMILES string of the molecule is C=C(C(CCCC)CC(C)C)N1C=CN=C(N)/C1=C(\c1c(F)cc(C(=O)Nc2cc(C(F)(F)F)n(C)n2)cc1OCC)C(C)CC.CC.CC(C)C.CCCC(C)=O. The summed E-state index contributed by atoms with van der Waals surface area (Å²) in [5.41, 5.74) is 7.36. The van der Waals surface area contributed by atoms with Gasteiger partial charge < -0.3 is 25.5 Å². The second kappa shape index (κ2) is 26.6. The van der Waals surface area contributed by atoms with Crippen molar-refractivity contribution < 1.29 is 31.9 Å². The normalized spacial score (nSPS) is 14.2. The Morgan fingerprint density at radius 3 is 2.05 bits per heavy atom. The van der Waals surface area contributed by atoms with Crippen molar-refractivity contribution in [1.29, 1.82) is 0 Å². The van der Waals surface area contributed by atoms with Crippen LogP contribution in [-0.2, 0) is 18.0 Å². The zero-order valence-electron chi connectivity index (χ0n) is 37.7. The molecule has 9 nitrogen and oxygen atoms in total. The second-order valence-corrected chi connectivity index (χ2v) is 15.2. The molecule has 1 amide bonds. The van der Waals surface area contributed by atoms with E-state index in [-0.39, 0.29) is 52.8 Å². The largest absolute Gasteiger partial charge is 0.493 e. The van der Waals surface area contributed by atoms with Gasteiger partial charge in [-0.3, -0.25) is 9.48 Å². The highest BCUT2D eigenvalue weighted by molar-refractivity contribution is 6.07. The molecule has 2 unspecified atom stereocenters. The van der Waals surface area contributed by atoms with Crippen molar-refractivity contribution in [2.45, 2.75) is 141 Å². The molecule has 1 aliphatic rings. The van der Waals surface area contributed by atoms with Gasteiger partial charge in [-0.05, 0) is 80.9 Å². The third kappa shape index (κ3) is 17.2. The number of allylic oxidation sites excluding steroid dienone is 2. The molecule has 0 spiro atoms. The van der Waals surface area contributed by atoms with Gasteiger partial charge in [-0.25, -0.2) is 9.38 Å². The summed E-state index contributed by atoms with van der Waals surface area (Å²) in [6.45, 7) is 30.9. The predicted molar refractivity (Wildman–Crippen MR) is 232 cm³/mol. The zero-order chi connectivity index (χ0) is 44.9. The van der Waals surface area contributed by atoms with E-state index in [2.05, 4.69) is 63.5 Å². The minimum atomic E-state index is -4.66. The summed E-state index contributed by atoms with van der Waals surface area (Å²) in [7, 11) is 1.12. The van der Waals surface area contributed by atoms with Crippen molar-refractivity contribution in [3.8, 4) is 5.75 Å². The fraction of sp³-hybridized carbons (Fsp3) is 0.600. The molecule has 1 aromatic heterocycles. The Kier molecular flexibility index (Phi) is 24.5. The lowest BCUT2D eigenvalue weighted by molar-refractivity contribution is -0.143. The summed E-state index contributed by atoms with van der Waals surface area (Å²) in [5, 5.41) is 6.07. The van der Waals surface area contributed by atoms with E-state index in [0.717, 1.165) is 63.3 Å². The van der Waals surface area contributed by atoms with Gasteiger partial charge in [0.2, 0.25) is 0 Å². The Balaban J connectivity index is 0.00000238. The maximum Gasteiger partial charge on any atom is 0.433 e. The number of hydrogen-bond acceptors (Lipinski definition) is 7. The van der Waals surface area contributed by atoms with Crippen LogP contribution in [0.15, 0.2) is 53.6 Å². The predicted octanol–water partition coefficient (Wildman–Crippen LogP) is 12.6. The van der Waals surface area contributed by atoms with Crippen molar-refractivity contribution in [2.24, 2.45) is 41.4 Å². The number of amidine groups is 1. The van der Waals surface area contributed by atoms with Crippen LogP contribution in [0.2, 0.25) is 0 Å². The number of aryl methyl sites for hydroxylation is 1. The number of rotatable bonds is 16. The van der Waals surface area contributed by atoms with E-state index in [4.69, 9.17) is 10.5 Å². The first-order valence-electron chi connectivity index (χ1n) is 20.8. The number of nitrogens with two attached hydrogens (primary N) is 1. The lowest BCUT2D eigenvalue weighted by Gasteiger charge is -2.36. The number of ether oxygens (including phenoxy) is 1. The molecule has 1 aromatic carbocycles. The summed E-state index contributed by atoms with van der Waals surface area (Å²) in [5.74, 6) is -0.182. The van der Waals surface area contributed by atoms with Crippen molar-refractivity contribution >= 4 is 28.9 Å². The molecule has 3 rings (SSSR count). The van der Waals surface area contributed by atoms with Crippen molar-refractivity contribution in [3.63, 3.8) is 0 Å². The maximum atomic E-state index is 16.4. The average molecular weight is 821 g/mol. The monoisotopic (exact) mass is 821 g/mol. The third-order valence-electron chi connectivity index (χ3n) is 8.62. The van der Waals surface area contributed by atoms with Crippen LogP contribution in [0.3, 0.4) is 0 Å². The summed E-state index contributed by atoms with van der Waals surface area (Å²) < 4.78 is 62.7. The molecule has 0 radical (unpaired) electrons. The number of amides is 1. The molecule has 2 atom stereocenters. The van der Waals surface area contributed by atoms with Gasteiger partial charge in [-0.2, -0.15) is 18.3 Å². The number of Topliss-reactive ketones (excluding diaryl/α,β-unsaturated/α-hetero) is 1. The quantitative estimate of drug-likeness (QED) is 0.163. The molecular formula is C45H72F4N6O3. The van der Waals surface area contributed by atoms with Crippen molar-refractivity contribution in [1.82, 2.24) is 14.7 Å². The maximum absolute atomic E-state index is 16.4. The highest BCUT2D eigenvalue weighted by Gasteiger charge is 2.36. The minimum absolute atomic E-state index is 0.0880. The highest BCUT2D eigenvalue weighted by atomic mass is 19.4. The summed E-state index contributed by atoms with van der Waals surface area (Å²) in [4.78, 5) is 29.5. The number of anilines is 1. The molecule has 0 aliphatic carbocycles. The Hall–Kier alpha value is -4.42. The van der Waals surface area contributed by atoms with Crippen LogP contribution in [0.4, 0.5) is 23.4 Å². The summed E-state index contributed by atoms with van der Waals surface area (Å²) in [6, 6.07) is 3.13. The topological polar surface area (TPSA) is 115 Å². The van der Waals surface area contributed by atoms with Gasteiger partial charge in [-0.15, -0.1) is 0 Å². The van der Waals surface area contributed by atoms with Gasteiger partial charge in [0.15, 0.2) is 5.82 Å². The van der Waals surface area contributed by atoms with E-state index >= 15 is 4.39 Å². The summed E-state index contributed by atoms with van der Waals surface area (Å²) in [6.07, 6.45) is 4.97.